The lowest BCUT2D eigenvalue weighted by atomic mass is 9.72. The van der Waals surface area contributed by atoms with E-state index in [1.165, 1.54) is 0 Å². The molecule has 3 aromatic carbocycles. The fourth-order valence-electron chi connectivity index (χ4n) is 4.09. The van der Waals surface area contributed by atoms with Crippen molar-refractivity contribution in [2.45, 2.75) is 24.9 Å². The van der Waals surface area contributed by atoms with Crippen molar-refractivity contribution in [3.8, 4) is 11.5 Å². The Morgan fingerprint density at radius 3 is 2.47 bits per heavy atom. The highest BCUT2D eigenvalue weighted by atomic mass is 35.5. The Labute approximate surface area is 180 Å². The minimum Gasteiger partial charge on any atom is -0.494 e. The number of hydrogen-bond acceptors (Lipinski definition) is 4. The van der Waals surface area contributed by atoms with E-state index in [9.17, 15) is 9.59 Å². The van der Waals surface area contributed by atoms with E-state index in [-0.39, 0.29) is 12.2 Å². The van der Waals surface area contributed by atoms with Gasteiger partial charge in [0, 0.05) is 29.0 Å². The van der Waals surface area contributed by atoms with E-state index < -0.39 is 11.5 Å². The van der Waals surface area contributed by atoms with Crippen molar-refractivity contribution in [2.75, 3.05) is 6.61 Å². The summed E-state index contributed by atoms with van der Waals surface area (Å²) in [5, 5.41) is 0.558. The van der Waals surface area contributed by atoms with Gasteiger partial charge < -0.3 is 14.3 Å². The standard InChI is InChI=1S/C25H21ClO4/c1-2-29-20-12-13-21-23(16-20)30-25(24(21)28,18-8-10-19(26)11-9-18)22(14-15-27)17-6-4-3-5-7-17/h3-13,15-16,22H,2,14H2,1H3/t22-,25-/m0/s1. The third-order valence-corrected chi connectivity index (χ3v) is 5.67. The first-order chi connectivity index (χ1) is 14.6. The number of benzene rings is 3. The van der Waals surface area contributed by atoms with Gasteiger partial charge in [0.25, 0.3) is 0 Å². The summed E-state index contributed by atoms with van der Waals surface area (Å²) in [7, 11) is 0. The molecule has 0 aliphatic carbocycles. The highest BCUT2D eigenvalue weighted by molar-refractivity contribution is 6.30. The normalized spacial score (nSPS) is 18.4. The Balaban J connectivity index is 1.92. The lowest BCUT2D eigenvalue weighted by Crippen LogP contribution is -2.43. The van der Waals surface area contributed by atoms with Gasteiger partial charge in [0.15, 0.2) is 0 Å². The van der Waals surface area contributed by atoms with Crippen LogP contribution in [0.25, 0.3) is 0 Å². The summed E-state index contributed by atoms with van der Waals surface area (Å²) >= 11 is 6.10. The summed E-state index contributed by atoms with van der Waals surface area (Å²) in [4.78, 5) is 25.5. The number of ether oxygens (including phenoxy) is 2. The number of halogens is 1. The first-order valence-corrected chi connectivity index (χ1v) is 10.2. The van der Waals surface area contributed by atoms with E-state index in [0.29, 0.717) is 34.3 Å². The summed E-state index contributed by atoms with van der Waals surface area (Å²) in [6.07, 6.45) is 0.964. The van der Waals surface area contributed by atoms with Crippen LogP contribution in [0.4, 0.5) is 0 Å². The molecule has 0 saturated heterocycles. The third-order valence-electron chi connectivity index (χ3n) is 5.41. The molecule has 0 saturated carbocycles. The number of fused-ring (bicyclic) bond motifs is 1. The van der Waals surface area contributed by atoms with Gasteiger partial charge in [-0.25, -0.2) is 0 Å². The molecule has 4 nitrogen and oxygen atoms in total. The van der Waals surface area contributed by atoms with Crippen LogP contribution in [-0.2, 0) is 10.4 Å². The van der Waals surface area contributed by atoms with Crippen molar-refractivity contribution in [1.29, 1.82) is 0 Å². The molecule has 5 heteroatoms. The van der Waals surface area contributed by atoms with Crippen molar-refractivity contribution in [2.24, 2.45) is 0 Å². The number of aldehydes is 1. The number of rotatable bonds is 7. The van der Waals surface area contributed by atoms with Crippen LogP contribution in [0.3, 0.4) is 0 Å². The molecule has 0 N–H and O–H groups in total. The molecule has 0 radical (unpaired) electrons. The molecule has 0 unspecified atom stereocenters. The Morgan fingerprint density at radius 2 is 1.80 bits per heavy atom. The fourth-order valence-corrected chi connectivity index (χ4v) is 4.21. The van der Waals surface area contributed by atoms with Crippen molar-refractivity contribution in [1.82, 2.24) is 0 Å². The van der Waals surface area contributed by atoms with Gasteiger partial charge >= 0.3 is 0 Å². The second-order valence-corrected chi connectivity index (χ2v) is 7.57. The molecule has 1 heterocycles. The fraction of sp³-hybridized carbons (Fsp3) is 0.200. The van der Waals surface area contributed by atoms with Crippen LogP contribution in [0.1, 0.15) is 40.7 Å². The molecule has 2 atom stereocenters. The summed E-state index contributed by atoms with van der Waals surface area (Å²) < 4.78 is 12.0. The topological polar surface area (TPSA) is 52.6 Å². The molecular formula is C25H21ClO4. The Bertz CT molecular complexity index is 1060. The third kappa shape index (κ3) is 3.37. The molecule has 0 bridgehead atoms. The maximum atomic E-state index is 13.8. The maximum absolute atomic E-state index is 13.8. The Hall–Kier alpha value is -3.11. The van der Waals surface area contributed by atoms with Gasteiger partial charge in [0.05, 0.1) is 12.2 Å². The molecule has 0 amide bonds. The molecule has 4 rings (SSSR count). The minimum absolute atomic E-state index is 0.130. The molecular weight excluding hydrogens is 400 g/mol. The highest BCUT2D eigenvalue weighted by Gasteiger charge is 2.55. The number of carbonyl (C=O) groups is 2. The SMILES string of the molecule is CCOc1ccc2c(c1)O[C@@](c1ccc(Cl)cc1)([C@@H](CC=O)c1ccccc1)C2=O. The monoisotopic (exact) mass is 420 g/mol. The predicted molar refractivity (Wildman–Crippen MR) is 116 cm³/mol. The first-order valence-electron chi connectivity index (χ1n) is 9.85. The number of ketones is 1. The van der Waals surface area contributed by atoms with Crippen LogP contribution >= 0.6 is 11.6 Å². The van der Waals surface area contributed by atoms with Crippen molar-refractivity contribution in [3.63, 3.8) is 0 Å². The highest BCUT2D eigenvalue weighted by Crippen LogP contribution is 2.51. The van der Waals surface area contributed by atoms with Crippen LogP contribution in [0, 0.1) is 0 Å². The number of carbonyl (C=O) groups excluding carboxylic acids is 2. The van der Waals surface area contributed by atoms with E-state index in [1.54, 1.807) is 42.5 Å². The maximum Gasteiger partial charge on any atom is 0.215 e. The summed E-state index contributed by atoms with van der Waals surface area (Å²) in [6, 6.07) is 21.8. The zero-order valence-electron chi connectivity index (χ0n) is 16.5. The minimum atomic E-state index is -1.37. The lowest BCUT2D eigenvalue weighted by molar-refractivity contribution is -0.109. The van der Waals surface area contributed by atoms with Gasteiger partial charge in [0.2, 0.25) is 11.4 Å². The second kappa shape index (κ2) is 8.33. The summed E-state index contributed by atoms with van der Waals surface area (Å²) in [5.74, 6) is 0.390. The largest absolute Gasteiger partial charge is 0.494 e. The number of hydrogen-bond donors (Lipinski definition) is 0. The van der Waals surface area contributed by atoms with Gasteiger partial charge in [-0.2, -0.15) is 0 Å². The zero-order chi connectivity index (χ0) is 21.1. The quantitative estimate of drug-likeness (QED) is 0.468. The van der Waals surface area contributed by atoms with E-state index in [4.69, 9.17) is 21.1 Å². The van der Waals surface area contributed by atoms with Crippen molar-refractivity contribution in [3.05, 3.63) is 94.5 Å². The zero-order valence-corrected chi connectivity index (χ0v) is 17.3. The summed E-state index contributed by atoms with van der Waals surface area (Å²) in [5.41, 5.74) is 0.604. The van der Waals surface area contributed by atoms with Crippen molar-refractivity contribution < 1.29 is 19.1 Å². The Kier molecular flexibility index (Phi) is 5.60. The molecule has 3 aromatic rings. The molecule has 0 fully saturated rings. The molecule has 30 heavy (non-hydrogen) atoms. The predicted octanol–water partition coefficient (Wildman–Crippen LogP) is 5.58. The van der Waals surface area contributed by atoms with Gasteiger partial charge in [-0.3, -0.25) is 4.79 Å². The summed E-state index contributed by atoms with van der Waals surface area (Å²) in [6.45, 7) is 2.40. The molecule has 152 valence electrons. The molecule has 1 aliphatic heterocycles. The number of Topliss-reactive ketones (excluding diaryl/α,β-unsaturated/α-hetero) is 1. The smallest absolute Gasteiger partial charge is 0.215 e. The van der Waals surface area contributed by atoms with Crippen molar-refractivity contribution >= 4 is 23.7 Å². The molecule has 0 aromatic heterocycles. The van der Waals surface area contributed by atoms with Gasteiger partial charge in [-0.15, -0.1) is 0 Å². The van der Waals surface area contributed by atoms with E-state index in [0.717, 1.165) is 11.8 Å². The van der Waals surface area contributed by atoms with Crippen LogP contribution < -0.4 is 9.47 Å². The second-order valence-electron chi connectivity index (χ2n) is 7.13. The van der Waals surface area contributed by atoms with Crippen LogP contribution in [0.15, 0.2) is 72.8 Å². The van der Waals surface area contributed by atoms with E-state index in [2.05, 4.69) is 0 Å². The lowest BCUT2D eigenvalue weighted by Gasteiger charge is -2.35. The van der Waals surface area contributed by atoms with Gasteiger partial charge in [0.1, 0.15) is 17.8 Å². The average Bonchev–Trinajstić information content (AvgIpc) is 3.06. The average molecular weight is 421 g/mol. The molecule has 1 aliphatic rings. The van der Waals surface area contributed by atoms with Crippen LogP contribution in [0.2, 0.25) is 5.02 Å². The van der Waals surface area contributed by atoms with Gasteiger partial charge in [-0.05, 0) is 36.8 Å². The Morgan fingerprint density at radius 1 is 1.07 bits per heavy atom. The van der Waals surface area contributed by atoms with Crippen LogP contribution in [0.5, 0.6) is 11.5 Å². The van der Waals surface area contributed by atoms with Gasteiger partial charge in [-0.1, -0.05) is 54.1 Å². The van der Waals surface area contributed by atoms with E-state index >= 15 is 0 Å². The van der Waals surface area contributed by atoms with E-state index in [1.807, 2.05) is 37.3 Å². The first kappa shape index (κ1) is 20.2. The van der Waals surface area contributed by atoms with Crippen LogP contribution in [-0.4, -0.2) is 18.7 Å². The molecule has 0 spiro atoms.